The molecule has 8 nitrogen and oxygen atoms in total. The quantitative estimate of drug-likeness (QED) is 0.759. The Balaban J connectivity index is 1.72. The van der Waals surface area contributed by atoms with Gasteiger partial charge in [0.25, 0.3) is 5.91 Å². The molecule has 2 aliphatic rings. The van der Waals surface area contributed by atoms with Gasteiger partial charge in [0.1, 0.15) is 11.5 Å². The van der Waals surface area contributed by atoms with Crippen LogP contribution in [-0.4, -0.2) is 72.0 Å². The molecule has 2 heterocycles. The summed E-state index contributed by atoms with van der Waals surface area (Å²) in [5.41, 5.74) is 0.487. The lowest BCUT2D eigenvalue weighted by Crippen LogP contribution is -2.47. The van der Waals surface area contributed by atoms with Gasteiger partial charge >= 0.3 is 0 Å². The average Bonchev–Trinajstić information content (AvgIpc) is 3.07. The van der Waals surface area contributed by atoms with Crippen molar-refractivity contribution in [1.82, 2.24) is 9.62 Å². The summed E-state index contributed by atoms with van der Waals surface area (Å²) >= 11 is 0. The van der Waals surface area contributed by atoms with Crippen LogP contribution < -0.4 is 14.2 Å². The standard InChI is InChI=1S/C18H26N2O6S/c1-24-13-4-5-14(16(8-13)25-2)18(21)20-7-6-12-11-26-17(15(12)10-20)9-19-27(3,22)23/h4-5,8,12,15,17,19H,6-7,9-11H2,1-3H3/t12-,15-,17+/m0/s1. The number of benzene rings is 1. The Morgan fingerprint density at radius 2 is 2.11 bits per heavy atom. The van der Waals surface area contributed by atoms with E-state index in [1.54, 1.807) is 30.2 Å². The van der Waals surface area contributed by atoms with Gasteiger partial charge in [0.2, 0.25) is 10.0 Å². The zero-order valence-corrected chi connectivity index (χ0v) is 16.6. The lowest BCUT2D eigenvalue weighted by atomic mass is 9.84. The molecule has 0 aliphatic carbocycles. The minimum atomic E-state index is -3.28. The molecule has 0 aromatic heterocycles. The SMILES string of the molecule is COc1ccc(C(=O)N2CC[C@H]3CO[C@H](CNS(C)(=O)=O)[C@H]3C2)c(OC)c1. The summed E-state index contributed by atoms with van der Waals surface area (Å²) < 4.78 is 41.6. The number of nitrogens with one attached hydrogen (secondary N) is 1. The largest absolute Gasteiger partial charge is 0.497 e. The van der Waals surface area contributed by atoms with Crippen LogP contribution in [0.15, 0.2) is 18.2 Å². The fourth-order valence-corrected chi connectivity index (χ4v) is 4.27. The highest BCUT2D eigenvalue weighted by Crippen LogP contribution is 2.35. The normalized spacial score (nSPS) is 25.1. The van der Waals surface area contributed by atoms with Crippen molar-refractivity contribution >= 4 is 15.9 Å². The highest BCUT2D eigenvalue weighted by molar-refractivity contribution is 7.88. The molecule has 1 aromatic rings. The van der Waals surface area contributed by atoms with Crippen molar-refractivity contribution in [3.05, 3.63) is 23.8 Å². The molecule has 0 radical (unpaired) electrons. The topological polar surface area (TPSA) is 94.2 Å². The number of rotatable bonds is 6. The van der Waals surface area contributed by atoms with Gasteiger partial charge in [-0.15, -0.1) is 0 Å². The molecule has 0 saturated carbocycles. The number of hydrogen-bond acceptors (Lipinski definition) is 6. The number of carbonyl (C=O) groups is 1. The zero-order chi connectivity index (χ0) is 19.6. The second kappa shape index (κ2) is 8.04. The second-order valence-electron chi connectivity index (χ2n) is 7.02. The number of methoxy groups -OCH3 is 2. The summed E-state index contributed by atoms with van der Waals surface area (Å²) in [5, 5.41) is 0. The van der Waals surface area contributed by atoms with Crippen molar-refractivity contribution < 1.29 is 27.4 Å². The Hall–Kier alpha value is -1.84. The molecule has 1 aromatic carbocycles. The van der Waals surface area contributed by atoms with E-state index < -0.39 is 10.0 Å². The van der Waals surface area contributed by atoms with Crippen LogP contribution in [0.5, 0.6) is 11.5 Å². The Kier molecular flexibility index (Phi) is 5.92. The minimum Gasteiger partial charge on any atom is -0.497 e. The lowest BCUT2D eigenvalue weighted by molar-refractivity contribution is 0.0560. The fraction of sp³-hybridized carbons (Fsp3) is 0.611. The Labute approximate surface area is 159 Å². The maximum Gasteiger partial charge on any atom is 0.257 e. The number of hydrogen-bond donors (Lipinski definition) is 1. The highest BCUT2D eigenvalue weighted by atomic mass is 32.2. The van der Waals surface area contributed by atoms with Crippen molar-refractivity contribution in [1.29, 1.82) is 0 Å². The van der Waals surface area contributed by atoms with Crippen LogP contribution >= 0.6 is 0 Å². The Morgan fingerprint density at radius 3 is 2.78 bits per heavy atom. The Bertz CT molecular complexity index is 797. The smallest absolute Gasteiger partial charge is 0.257 e. The van der Waals surface area contributed by atoms with Gasteiger partial charge in [-0.25, -0.2) is 13.1 Å². The number of fused-ring (bicyclic) bond motifs is 1. The van der Waals surface area contributed by atoms with Gasteiger partial charge in [0.05, 0.1) is 38.7 Å². The van der Waals surface area contributed by atoms with Crippen LogP contribution in [-0.2, 0) is 14.8 Å². The molecule has 2 fully saturated rings. The molecule has 9 heteroatoms. The summed E-state index contributed by atoms with van der Waals surface area (Å²) in [6, 6.07) is 5.14. The van der Waals surface area contributed by atoms with E-state index in [1.165, 1.54) is 7.11 Å². The first-order valence-electron chi connectivity index (χ1n) is 8.90. The lowest BCUT2D eigenvalue weighted by Gasteiger charge is -2.36. The van der Waals surface area contributed by atoms with Gasteiger partial charge in [-0.05, 0) is 24.5 Å². The number of ether oxygens (including phenoxy) is 3. The molecule has 0 spiro atoms. The molecule has 3 rings (SSSR count). The zero-order valence-electron chi connectivity index (χ0n) is 15.8. The predicted molar refractivity (Wildman–Crippen MR) is 99.6 cm³/mol. The summed E-state index contributed by atoms with van der Waals surface area (Å²) in [6.07, 6.45) is 1.74. The van der Waals surface area contributed by atoms with E-state index in [1.807, 2.05) is 0 Å². The van der Waals surface area contributed by atoms with Crippen LogP contribution in [0.2, 0.25) is 0 Å². The van der Waals surface area contributed by atoms with Gasteiger partial charge in [-0.2, -0.15) is 0 Å². The van der Waals surface area contributed by atoms with Crippen LogP contribution in [0.1, 0.15) is 16.8 Å². The molecule has 27 heavy (non-hydrogen) atoms. The van der Waals surface area contributed by atoms with Crippen LogP contribution in [0.4, 0.5) is 0 Å². The number of nitrogens with zero attached hydrogens (tertiary/aromatic N) is 1. The molecule has 0 bridgehead atoms. The van der Waals surface area contributed by atoms with Gasteiger partial charge in [-0.3, -0.25) is 4.79 Å². The van der Waals surface area contributed by atoms with Crippen molar-refractivity contribution in [2.75, 3.05) is 46.7 Å². The van der Waals surface area contributed by atoms with Crippen LogP contribution in [0, 0.1) is 11.8 Å². The first kappa shape index (κ1) is 19.9. The van der Waals surface area contributed by atoms with E-state index >= 15 is 0 Å². The molecule has 150 valence electrons. The predicted octanol–water partition coefficient (Wildman–Crippen LogP) is 0.730. The monoisotopic (exact) mass is 398 g/mol. The highest BCUT2D eigenvalue weighted by Gasteiger charge is 2.42. The fourth-order valence-electron chi connectivity index (χ4n) is 3.80. The molecular formula is C18H26N2O6S. The van der Waals surface area contributed by atoms with Gasteiger partial charge in [-0.1, -0.05) is 0 Å². The summed E-state index contributed by atoms with van der Waals surface area (Å²) in [4.78, 5) is 14.8. The van der Waals surface area contributed by atoms with E-state index in [0.29, 0.717) is 42.7 Å². The van der Waals surface area contributed by atoms with Crippen molar-refractivity contribution in [3.63, 3.8) is 0 Å². The maximum atomic E-state index is 13.0. The van der Waals surface area contributed by atoms with Crippen LogP contribution in [0.3, 0.4) is 0 Å². The minimum absolute atomic E-state index is 0.102. The number of piperidine rings is 1. The molecule has 0 unspecified atom stereocenters. The van der Waals surface area contributed by atoms with E-state index in [2.05, 4.69) is 4.72 Å². The molecular weight excluding hydrogens is 372 g/mol. The third kappa shape index (κ3) is 4.53. The van der Waals surface area contributed by atoms with Gasteiger partial charge in [0, 0.05) is 31.6 Å². The first-order chi connectivity index (χ1) is 12.8. The van der Waals surface area contributed by atoms with Crippen LogP contribution in [0.25, 0.3) is 0 Å². The summed E-state index contributed by atoms with van der Waals surface area (Å²) in [5.74, 6) is 1.45. The van der Waals surface area contributed by atoms with Gasteiger partial charge < -0.3 is 19.1 Å². The third-order valence-electron chi connectivity index (χ3n) is 5.28. The number of amides is 1. The molecule has 1 N–H and O–H groups in total. The third-order valence-corrected chi connectivity index (χ3v) is 5.97. The Morgan fingerprint density at radius 1 is 1.33 bits per heavy atom. The van der Waals surface area contributed by atoms with E-state index in [-0.39, 0.29) is 24.5 Å². The first-order valence-corrected chi connectivity index (χ1v) is 10.8. The van der Waals surface area contributed by atoms with Crippen molar-refractivity contribution in [2.45, 2.75) is 12.5 Å². The maximum absolute atomic E-state index is 13.0. The summed E-state index contributed by atoms with van der Waals surface area (Å²) in [6.45, 7) is 2.02. The average molecular weight is 398 g/mol. The van der Waals surface area contributed by atoms with Crippen molar-refractivity contribution in [2.24, 2.45) is 11.8 Å². The van der Waals surface area contributed by atoms with Crippen molar-refractivity contribution in [3.8, 4) is 11.5 Å². The molecule has 2 aliphatic heterocycles. The molecule has 3 atom stereocenters. The van der Waals surface area contributed by atoms with E-state index in [0.717, 1.165) is 12.7 Å². The summed E-state index contributed by atoms with van der Waals surface area (Å²) in [7, 11) is -0.192. The number of carbonyl (C=O) groups excluding carboxylic acids is 1. The number of likely N-dealkylation sites (tertiary alicyclic amines) is 1. The number of sulfonamides is 1. The van der Waals surface area contributed by atoms with E-state index in [4.69, 9.17) is 14.2 Å². The van der Waals surface area contributed by atoms with Gasteiger partial charge in [0.15, 0.2) is 0 Å². The molecule has 1 amide bonds. The van der Waals surface area contributed by atoms with E-state index in [9.17, 15) is 13.2 Å². The second-order valence-corrected chi connectivity index (χ2v) is 8.86. The molecule has 2 saturated heterocycles.